The Morgan fingerprint density at radius 3 is 2.50 bits per heavy atom. The Balaban J connectivity index is 2.72. The summed E-state index contributed by atoms with van der Waals surface area (Å²) in [5.41, 5.74) is 0.0421. The second-order valence-corrected chi connectivity index (χ2v) is 3.96. The van der Waals surface area contributed by atoms with Gasteiger partial charge in [-0.2, -0.15) is 0 Å². The summed E-state index contributed by atoms with van der Waals surface area (Å²) in [5, 5.41) is 3.35. The van der Waals surface area contributed by atoms with Crippen LogP contribution in [-0.2, 0) is 0 Å². The summed E-state index contributed by atoms with van der Waals surface area (Å²) in [5.74, 6) is 1.12. The van der Waals surface area contributed by atoms with Crippen molar-refractivity contribution in [1.29, 1.82) is 0 Å². The Kier molecular flexibility index (Phi) is 2.73. The molecular formula is C9H19N3. The second kappa shape index (κ2) is 3.44. The zero-order valence-corrected chi connectivity index (χ0v) is 8.52. The molecular weight excluding hydrogens is 150 g/mol. The lowest BCUT2D eigenvalue weighted by atomic mass is 10.0. The Bertz CT molecular complexity index is 182. The van der Waals surface area contributed by atoms with Crippen molar-refractivity contribution in [3.05, 3.63) is 0 Å². The van der Waals surface area contributed by atoms with Crippen LogP contribution >= 0.6 is 0 Å². The number of amidine groups is 1. The molecule has 0 atom stereocenters. The number of rotatable bonds is 2. The lowest BCUT2D eigenvalue weighted by Crippen LogP contribution is -2.53. The molecule has 0 aromatic heterocycles. The summed E-state index contributed by atoms with van der Waals surface area (Å²) >= 11 is 0. The van der Waals surface area contributed by atoms with E-state index >= 15 is 0 Å². The fraction of sp³-hybridized carbons (Fsp3) is 0.889. The molecule has 0 aromatic rings. The van der Waals surface area contributed by atoms with Gasteiger partial charge in [-0.1, -0.05) is 0 Å². The molecule has 12 heavy (non-hydrogen) atoms. The van der Waals surface area contributed by atoms with Crippen molar-refractivity contribution < 1.29 is 0 Å². The quantitative estimate of drug-likeness (QED) is 0.659. The lowest BCUT2D eigenvalue weighted by molar-refractivity contribution is 0.266. The van der Waals surface area contributed by atoms with Gasteiger partial charge in [-0.15, -0.1) is 0 Å². The smallest absolute Gasteiger partial charge is 0.116 e. The molecule has 0 spiro atoms. The van der Waals surface area contributed by atoms with Crippen LogP contribution in [0.25, 0.3) is 0 Å². The first-order chi connectivity index (χ1) is 5.55. The van der Waals surface area contributed by atoms with Crippen molar-refractivity contribution >= 4 is 5.84 Å². The molecule has 0 aliphatic carbocycles. The number of aliphatic imine (C=N–C) groups is 1. The molecule has 1 N–H and O–H groups in total. The zero-order valence-electron chi connectivity index (χ0n) is 8.52. The molecule has 0 saturated carbocycles. The van der Waals surface area contributed by atoms with E-state index in [1.54, 1.807) is 0 Å². The summed E-state index contributed by atoms with van der Waals surface area (Å²) in [4.78, 5) is 6.67. The van der Waals surface area contributed by atoms with Crippen LogP contribution in [-0.4, -0.2) is 43.5 Å². The van der Waals surface area contributed by atoms with Gasteiger partial charge in [0.1, 0.15) is 5.84 Å². The monoisotopic (exact) mass is 169 g/mol. The molecule has 70 valence electrons. The third-order valence-corrected chi connectivity index (χ3v) is 2.59. The van der Waals surface area contributed by atoms with Gasteiger partial charge in [0.25, 0.3) is 0 Å². The molecule has 3 nitrogen and oxygen atoms in total. The number of hydrogen-bond donors (Lipinski definition) is 1. The Morgan fingerprint density at radius 2 is 2.08 bits per heavy atom. The van der Waals surface area contributed by atoms with Crippen molar-refractivity contribution in [2.24, 2.45) is 4.99 Å². The van der Waals surface area contributed by atoms with Crippen molar-refractivity contribution in [3.8, 4) is 0 Å². The van der Waals surface area contributed by atoms with E-state index in [1.807, 2.05) is 0 Å². The number of nitrogens with zero attached hydrogens (tertiary/aromatic N) is 2. The van der Waals surface area contributed by atoms with Crippen LogP contribution in [0.2, 0.25) is 0 Å². The van der Waals surface area contributed by atoms with Crippen LogP contribution in [0.5, 0.6) is 0 Å². The van der Waals surface area contributed by atoms with Crippen molar-refractivity contribution in [2.45, 2.75) is 25.8 Å². The summed E-state index contributed by atoms with van der Waals surface area (Å²) < 4.78 is 0. The molecule has 0 fully saturated rings. The van der Waals surface area contributed by atoms with E-state index in [4.69, 9.17) is 0 Å². The Morgan fingerprint density at radius 1 is 1.42 bits per heavy atom. The Labute approximate surface area is 74.9 Å². The van der Waals surface area contributed by atoms with Crippen molar-refractivity contribution in [1.82, 2.24) is 10.2 Å². The third-order valence-electron chi connectivity index (χ3n) is 2.59. The molecule has 0 unspecified atom stereocenters. The molecule has 1 aliphatic heterocycles. The van der Waals surface area contributed by atoms with Gasteiger partial charge in [0.05, 0.1) is 5.54 Å². The van der Waals surface area contributed by atoms with Gasteiger partial charge >= 0.3 is 0 Å². The van der Waals surface area contributed by atoms with Crippen LogP contribution in [0, 0.1) is 0 Å². The predicted octanol–water partition coefficient (Wildman–Crippen LogP) is 0.718. The number of likely N-dealkylation sites (N-methyl/N-ethyl adjacent to an activating group) is 1. The molecule has 1 aliphatic rings. The average Bonchev–Trinajstić information content (AvgIpc) is 2.06. The van der Waals surface area contributed by atoms with E-state index in [0.29, 0.717) is 0 Å². The molecule has 1 rings (SSSR count). The highest BCUT2D eigenvalue weighted by Crippen LogP contribution is 2.12. The van der Waals surface area contributed by atoms with E-state index in [2.05, 4.69) is 43.2 Å². The molecule has 0 bridgehead atoms. The van der Waals surface area contributed by atoms with Crippen LogP contribution in [0.15, 0.2) is 4.99 Å². The summed E-state index contributed by atoms with van der Waals surface area (Å²) in [7, 11) is 4.16. The van der Waals surface area contributed by atoms with Gasteiger partial charge < -0.3 is 5.32 Å². The van der Waals surface area contributed by atoms with Gasteiger partial charge in [-0.3, -0.25) is 9.89 Å². The standard InChI is InChI=1S/C9H19N3/c1-9(2,12(3)4)8-10-6-5-7-11-8/h5-7H2,1-4H3,(H,10,11). The largest absolute Gasteiger partial charge is 0.372 e. The highest BCUT2D eigenvalue weighted by atomic mass is 15.2. The van der Waals surface area contributed by atoms with E-state index in [9.17, 15) is 0 Å². The Hall–Kier alpha value is -0.570. The highest BCUT2D eigenvalue weighted by Gasteiger charge is 2.27. The van der Waals surface area contributed by atoms with Crippen molar-refractivity contribution in [3.63, 3.8) is 0 Å². The normalized spacial score (nSPS) is 18.9. The van der Waals surface area contributed by atoms with Gasteiger partial charge in [-0.05, 0) is 34.4 Å². The predicted molar refractivity (Wildman–Crippen MR) is 52.7 cm³/mol. The van der Waals surface area contributed by atoms with Gasteiger partial charge in [0, 0.05) is 13.1 Å². The van der Waals surface area contributed by atoms with E-state index in [0.717, 1.165) is 25.3 Å². The molecule has 3 heteroatoms. The van der Waals surface area contributed by atoms with Crippen molar-refractivity contribution in [2.75, 3.05) is 27.2 Å². The minimum atomic E-state index is 0.0421. The van der Waals surface area contributed by atoms with E-state index in [1.165, 1.54) is 0 Å². The third kappa shape index (κ3) is 1.78. The maximum absolute atomic E-state index is 4.49. The molecule has 0 aromatic carbocycles. The minimum Gasteiger partial charge on any atom is -0.372 e. The van der Waals surface area contributed by atoms with Gasteiger partial charge in [-0.25, -0.2) is 0 Å². The first kappa shape index (κ1) is 9.52. The molecule has 0 radical (unpaired) electrons. The molecule has 1 heterocycles. The van der Waals surface area contributed by atoms with E-state index < -0.39 is 0 Å². The topological polar surface area (TPSA) is 27.6 Å². The fourth-order valence-corrected chi connectivity index (χ4v) is 1.15. The lowest BCUT2D eigenvalue weighted by Gasteiger charge is -2.35. The number of nitrogens with one attached hydrogen (secondary N) is 1. The van der Waals surface area contributed by atoms with Crippen LogP contribution in [0.1, 0.15) is 20.3 Å². The summed E-state index contributed by atoms with van der Waals surface area (Å²) in [6, 6.07) is 0. The van der Waals surface area contributed by atoms with Crippen LogP contribution < -0.4 is 5.32 Å². The zero-order chi connectivity index (χ0) is 9.19. The van der Waals surface area contributed by atoms with Crippen LogP contribution in [0.4, 0.5) is 0 Å². The first-order valence-electron chi connectivity index (χ1n) is 4.51. The van der Waals surface area contributed by atoms with Gasteiger partial charge in [0.15, 0.2) is 0 Å². The number of hydrogen-bond acceptors (Lipinski definition) is 3. The van der Waals surface area contributed by atoms with E-state index in [-0.39, 0.29) is 5.54 Å². The fourth-order valence-electron chi connectivity index (χ4n) is 1.15. The van der Waals surface area contributed by atoms with Gasteiger partial charge in [0.2, 0.25) is 0 Å². The second-order valence-electron chi connectivity index (χ2n) is 3.96. The average molecular weight is 169 g/mol. The summed E-state index contributed by atoms with van der Waals surface area (Å²) in [6.07, 6.45) is 1.16. The maximum Gasteiger partial charge on any atom is 0.116 e. The molecule has 0 saturated heterocycles. The van der Waals surface area contributed by atoms with Crippen LogP contribution in [0.3, 0.4) is 0 Å². The maximum atomic E-state index is 4.49. The summed E-state index contributed by atoms with van der Waals surface area (Å²) in [6.45, 7) is 6.41. The first-order valence-corrected chi connectivity index (χ1v) is 4.51. The highest BCUT2D eigenvalue weighted by molar-refractivity contribution is 5.91. The molecule has 0 amide bonds. The SMILES string of the molecule is CN(C)C(C)(C)C1=NCCCN1. The minimum absolute atomic E-state index is 0.0421.